The molecule has 0 amide bonds. The van der Waals surface area contributed by atoms with Crippen LogP contribution in [0.15, 0.2) is 0 Å². The Morgan fingerprint density at radius 1 is 0.792 bits per heavy atom. The highest BCUT2D eigenvalue weighted by molar-refractivity contribution is 5.70. The van der Waals surface area contributed by atoms with E-state index in [9.17, 15) is 9.59 Å². The first-order valence-electron chi connectivity index (χ1n) is 9.83. The fraction of sp³-hybridized carbons (Fsp3) is 0.900. The minimum atomic E-state index is -0.0794. The lowest BCUT2D eigenvalue weighted by Crippen LogP contribution is -2.29. The summed E-state index contributed by atoms with van der Waals surface area (Å²) in [6, 6.07) is 0. The molecule has 0 spiro atoms. The van der Waals surface area contributed by atoms with E-state index in [1.807, 2.05) is 0 Å². The fourth-order valence-electron chi connectivity index (χ4n) is 2.89. The van der Waals surface area contributed by atoms with E-state index in [2.05, 4.69) is 27.7 Å². The normalized spacial score (nSPS) is 23.3. The minimum Gasteiger partial charge on any atom is -0.462 e. The molecular formula is C20H36O4. The second-order valence-electron chi connectivity index (χ2n) is 7.48. The van der Waals surface area contributed by atoms with Gasteiger partial charge in [-0.25, -0.2) is 0 Å². The van der Waals surface area contributed by atoms with E-state index >= 15 is 0 Å². The van der Waals surface area contributed by atoms with Crippen molar-refractivity contribution in [3.63, 3.8) is 0 Å². The predicted octanol–water partition coefficient (Wildman–Crippen LogP) is 5.04. The quantitative estimate of drug-likeness (QED) is 0.523. The van der Waals surface area contributed by atoms with Crippen LogP contribution >= 0.6 is 0 Å². The standard InChI is InChI=1S/C20H36O4/c1-5-15(3)7-13-19(21)23-17-9-11-18(12-10-17)24-20(22)14-8-16(4)6-2/h15-18H,5-14H2,1-4H3. The minimum absolute atomic E-state index is 0.00417. The van der Waals surface area contributed by atoms with Crippen molar-refractivity contribution in [2.24, 2.45) is 11.8 Å². The smallest absolute Gasteiger partial charge is 0.306 e. The van der Waals surface area contributed by atoms with Gasteiger partial charge < -0.3 is 9.47 Å². The third kappa shape index (κ3) is 8.70. The van der Waals surface area contributed by atoms with Crippen LogP contribution < -0.4 is 0 Å². The average Bonchev–Trinajstić information content (AvgIpc) is 2.59. The number of hydrogen-bond donors (Lipinski definition) is 0. The summed E-state index contributed by atoms with van der Waals surface area (Å²) in [5.74, 6) is 0.986. The fourth-order valence-corrected chi connectivity index (χ4v) is 2.89. The highest BCUT2D eigenvalue weighted by atomic mass is 16.6. The monoisotopic (exact) mass is 340 g/mol. The summed E-state index contributed by atoms with van der Waals surface area (Å²) in [7, 11) is 0. The highest BCUT2D eigenvalue weighted by Gasteiger charge is 2.26. The van der Waals surface area contributed by atoms with Gasteiger partial charge in [-0.3, -0.25) is 9.59 Å². The Morgan fingerprint density at radius 3 is 1.42 bits per heavy atom. The van der Waals surface area contributed by atoms with Crippen molar-refractivity contribution in [1.82, 2.24) is 0 Å². The van der Waals surface area contributed by atoms with Crippen molar-refractivity contribution in [3.05, 3.63) is 0 Å². The Labute approximate surface area is 147 Å². The second kappa shape index (κ2) is 11.5. The van der Waals surface area contributed by atoms with Crippen LogP contribution in [0, 0.1) is 11.8 Å². The van der Waals surface area contributed by atoms with Crippen molar-refractivity contribution < 1.29 is 19.1 Å². The Hall–Kier alpha value is -1.06. The molecule has 24 heavy (non-hydrogen) atoms. The van der Waals surface area contributed by atoms with Crippen LogP contribution in [0.3, 0.4) is 0 Å². The van der Waals surface area contributed by atoms with Crippen LogP contribution in [0.1, 0.15) is 91.9 Å². The van der Waals surface area contributed by atoms with E-state index < -0.39 is 0 Å². The summed E-state index contributed by atoms with van der Waals surface area (Å²) in [5.41, 5.74) is 0. The van der Waals surface area contributed by atoms with E-state index in [1.54, 1.807) is 0 Å². The molecule has 0 aromatic heterocycles. The molecule has 0 aromatic rings. The van der Waals surface area contributed by atoms with Gasteiger partial charge in [-0.1, -0.05) is 40.5 Å². The molecule has 4 heteroatoms. The van der Waals surface area contributed by atoms with Gasteiger partial charge in [-0.15, -0.1) is 0 Å². The maximum Gasteiger partial charge on any atom is 0.306 e. The van der Waals surface area contributed by atoms with Gasteiger partial charge in [0.2, 0.25) is 0 Å². The zero-order valence-corrected chi connectivity index (χ0v) is 16.0. The van der Waals surface area contributed by atoms with Gasteiger partial charge in [0.15, 0.2) is 0 Å². The lowest BCUT2D eigenvalue weighted by Gasteiger charge is -2.28. The molecule has 1 rings (SSSR count). The lowest BCUT2D eigenvalue weighted by atomic mass is 9.94. The molecule has 0 N–H and O–H groups in total. The van der Waals surface area contributed by atoms with Crippen molar-refractivity contribution in [3.8, 4) is 0 Å². The predicted molar refractivity (Wildman–Crippen MR) is 95.6 cm³/mol. The SMILES string of the molecule is CCC(C)CCC(=O)OC1CCC(OC(=O)CCC(C)CC)CC1. The molecule has 0 aliphatic heterocycles. The molecule has 1 aliphatic carbocycles. The van der Waals surface area contributed by atoms with Gasteiger partial charge in [0.25, 0.3) is 0 Å². The largest absolute Gasteiger partial charge is 0.462 e. The van der Waals surface area contributed by atoms with Gasteiger partial charge in [-0.2, -0.15) is 0 Å². The number of esters is 2. The maximum atomic E-state index is 11.9. The number of carbonyl (C=O) groups excluding carboxylic acids is 2. The molecule has 2 unspecified atom stereocenters. The van der Waals surface area contributed by atoms with Gasteiger partial charge in [0.1, 0.15) is 12.2 Å². The van der Waals surface area contributed by atoms with Gasteiger partial charge in [-0.05, 0) is 50.4 Å². The Morgan fingerprint density at radius 2 is 1.12 bits per heavy atom. The molecule has 0 heterocycles. The van der Waals surface area contributed by atoms with Crippen molar-refractivity contribution in [1.29, 1.82) is 0 Å². The molecule has 0 bridgehead atoms. The van der Waals surface area contributed by atoms with Crippen molar-refractivity contribution in [2.45, 2.75) is 104 Å². The molecule has 1 saturated carbocycles. The summed E-state index contributed by atoms with van der Waals surface area (Å²) in [5, 5.41) is 0. The molecule has 1 aliphatic rings. The van der Waals surface area contributed by atoms with Crippen molar-refractivity contribution >= 4 is 11.9 Å². The molecule has 140 valence electrons. The van der Waals surface area contributed by atoms with Crippen LogP contribution in [0.4, 0.5) is 0 Å². The van der Waals surface area contributed by atoms with E-state index in [1.165, 1.54) is 0 Å². The Kier molecular flexibility index (Phi) is 10.0. The Balaban J connectivity index is 2.17. The molecule has 0 aromatic carbocycles. The van der Waals surface area contributed by atoms with Crippen molar-refractivity contribution in [2.75, 3.05) is 0 Å². The third-order valence-electron chi connectivity index (χ3n) is 5.29. The second-order valence-corrected chi connectivity index (χ2v) is 7.48. The highest BCUT2D eigenvalue weighted by Crippen LogP contribution is 2.25. The molecule has 2 atom stereocenters. The number of carbonyl (C=O) groups is 2. The molecular weight excluding hydrogens is 304 g/mol. The summed E-state index contributed by atoms with van der Waals surface area (Å²) in [6.07, 6.45) is 8.25. The molecule has 4 nitrogen and oxygen atoms in total. The van der Waals surface area contributed by atoms with Gasteiger partial charge in [0, 0.05) is 12.8 Å². The first-order chi connectivity index (χ1) is 11.4. The summed E-state index contributed by atoms with van der Waals surface area (Å²) in [4.78, 5) is 23.7. The molecule has 1 fully saturated rings. The molecule has 0 saturated heterocycles. The van der Waals surface area contributed by atoms with E-state index in [0.29, 0.717) is 24.7 Å². The van der Waals surface area contributed by atoms with E-state index in [-0.39, 0.29) is 24.1 Å². The van der Waals surface area contributed by atoms with Crippen LogP contribution in [0.2, 0.25) is 0 Å². The number of rotatable bonds is 10. The van der Waals surface area contributed by atoms with E-state index in [0.717, 1.165) is 51.4 Å². The van der Waals surface area contributed by atoms with Crippen LogP contribution in [0.25, 0.3) is 0 Å². The van der Waals surface area contributed by atoms with E-state index in [4.69, 9.17) is 9.47 Å². The summed E-state index contributed by atoms with van der Waals surface area (Å²) in [6.45, 7) is 8.60. The number of ether oxygens (including phenoxy) is 2. The average molecular weight is 341 g/mol. The zero-order valence-electron chi connectivity index (χ0n) is 16.0. The van der Waals surface area contributed by atoms with Crippen LogP contribution in [-0.2, 0) is 19.1 Å². The maximum absolute atomic E-state index is 11.9. The third-order valence-corrected chi connectivity index (χ3v) is 5.29. The van der Waals surface area contributed by atoms with Crippen LogP contribution in [0.5, 0.6) is 0 Å². The first-order valence-corrected chi connectivity index (χ1v) is 9.83. The summed E-state index contributed by atoms with van der Waals surface area (Å²) < 4.78 is 11.1. The van der Waals surface area contributed by atoms with Crippen LogP contribution in [-0.4, -0.2) is 24.1 Å². The summed E-state index contributed by atoms with van der Waals surface area (Å²) >= 11 is 0. The van der Waals surface area contributed by atoms with Gasteiger partial charge in [0.05, 0.1) is 0 Å². The Bertz CT molecular complexity index is 336. The lowest BCUT2D eigenvalue weighted by molar-refractivity contribution is -0.158. The molecule has 0 radical (unpaired) electrons. The zero-order chi connectivity index (χ0) is 17.9. The van der Waals surface area contributed by atoms with Gasteiger partial charge >= 0.3 is 11.9 Å². The first kappa shape index (κ1) is 21.0. The number of hydrogen-bond acceptors (Lipinski definition) is 4. The topological polar surface area (TPSA) is 52.6 Å².